The summed E-state index contributed by atoms with van der Waals surface area (Å²) in [5.41, 5.74) is 5.40. The molecule has 1 fully saturated rings. The Morgan fingerprint density at radius 3 is 2.41 bits per heavy atom. The molecule has 1 aliphatic rings. The Bertz CT molecular complexity index is 1020. The van der Waals surface area contributed by atoms with Crippen LogP contribution in [-0.4, -0.2) is 29.2 Å². The van der Waals surface area contributed by atoms with E-state index in [0.29, 0.717) is 0 Å². The molecule has 3 aromatic rings. The third-order valence-electron chi connectivity index (χ3n) is 6.30. The number of amides is 1. The third-order valence-corrected chi connectivity index (χ3v) is 6.30. The number of nitrogens with one attached hydrogen (secondary N) is 1. The summed E-state index contributed by atoms with van der Waals surface area (Å²) in [7, 11) is 0. The number of nitrogens with zero attached hydrogens (tertiary/aromatic N) is 3. The zero-order chi connectivity index (χ0) is 22.3. The average molecular weight is 429 g/mol. The van der Waals surface area contributed by atoms with E-state index in [1.165, 1.54) is 24.0 Å². The zero-order valence-electron chi connectivity index (χ0n) is 19.1. The van der Waals surface area contributed by atoms with Gasteiger partial charge in [0.1, 0.15) is 0 Å². The Hall–Kier alpha value is -3.21. The molecule has 1 saturated heterocycles. The van der Waals surface area contributed by atoms with E-state index in [2.05, 4.69) is 58.5 Å². The lowest BCUT2D eigenvalue weighted by Crippen LogP contribution is -2.38. The molecule has 2 heterocycles. The fourth-order valence-electron chi connectivity index (χ4n) is 4.25. The molecule has 1 N–H and O–H groups in total. The summed E-state index contributed by atoms with van der Waals surface area (Å²) in [6.45, 7) is 5.91. The van der Waals surface area contributed by atoms with Crippen molar-refractivity contribution in [2.75, 3.05) is 23.3 Å². The molecule has 166 valence electrons. The first-order valence-electron chi connectivity index (χ1n) is 11.7. The number of rotatable bonds is 7. The van der Waals surface area contributed by atoms with Crippen LogP contribution in [0.5, 0.6) is 0 Å². The maximum Gasteiger partial charge on any atom is 0.227 e. The van der Waals surface area contributed by atoms with Gasteiger partial charge in [-0.2, -0.15) is 0 Å². The predicted molar refractivity (Wildman–Crippen MR) is 131 cm³/mol. The molecule has 1 aliphatic heterocycles. The number of unbranched alkanes of at least 4 members (excludes halogenated alkanes) is 1. The van der Waals surface area contributed by atoms with Crippen molar-refractivity contribution in [3.63, 3.8) is 0 Å². The molecule has 0 atom stereocenters. The van der Waals surface area contributed by atoms with E-state index in [0.717, 1.165) is 55.1 Å². The molecule has 0 radical (unpaired) electrons. The van der Waals surface area contributed by atoms with Gasteiger partial charge in [-0.25, -0.2) is 0 Å². The van der Waals surface area contributed by atoms with E-state index in [4.69, 9.17) is 0 Å². The van der Waals surface area contributed by atoms with Crippen LogP contribution in [0.3, 0.4) is 0 Å². The van der Waals surface area contributed by atoms with Gasteiger partial charge in [-0.1, -0.05) is 49.7 Å². The van der Waals surface area contributed by atoms with E-state index < -0.39 is 0 Å². The highest BCUT2D eigenvalue weighted by Crippen LogP contribution is 2.25. The summed E-state index contributed by atoms with van der Waals surface area (Å²) in [6.07, 6.45) is 5.13. The topological polar surface area (TPSA) is 58.1 Å². The molecule has 0 bridgehead atoms. The summed E-state index contributed by atoms with van der Waals surface area (Å²) >= 11 is 0. The molecule has 0 unspecified atom stereocenters. The van der Waals surface area contributed by atoms with Gasteiger partial charge in [-0.3, -0.25) is 4.79 Å². The number of aromatic nitrogens is 2. The number of hydrogen-bond donors (Lipinski definition) is 1. The smallest absolute Gasteiger partial charge is 0.227 e. The summed E-state index contributed by atoms with van der Waals surface area (Å²) in [5, 5.41) is 12.0. The van der Waals surface area contributed by atoms with Crippen molar-refractivity contribution in [2.24, 2.45) is 5.92 Å². The highest BCUT2D eigenvalue weighted by Gasteiger charge is 2.26. The number of anilines is 2. The lowest BCUT2D eigenvalue weighted by Gasteiger charge is -2.31. The minimum Gasteiger partial charge on any atom is -0.355 e. The predicted octanol–water partition coefficient (Wildman–Crippen LogP) is 5.65. The largest absolute Gasteiger partial charge is 0.355 e. The second-order valence-electron chi connectivity index (χ2n) is 8.64. The van der Waals surface area contributed by atoms with Gasteiger partial charge < -0.3 is 10.2 Å². The number of piperidine rings is 1. The number of hydrogen-bond acceptors (Lipinski definition) is 4. The summed E-state index contributed by atoms with van der Waals surface area (Å²) < 4.78 is 0. The van der Waals surface area contributed by atoms with Crippen LogP contribution in [0.4, 0.5) is 11.5 Å². The van der Waals surface area contributed by atoms with Gasteiger partial charge in [0.2, 0.25) is 5.91 Å². The fraction of sp³-hybridized carbons (Fsp3) is 0.370. The molecular formula is C27H32N4O. The monoisotopic (exact) mass is 428 g/mol. The highest BCUT2D eigenvalue weighted by molar-refractivity contribution is 5.92. The van der Waals surface area contributed by atoms with Gasteiger partial charge >= 0.3 is 0 Å². The second kappa shape index (κ2) is 10.4. The van der Waals surface area contributed by atoms with Crippen molar-refractivity contribution >= 4 is 17.4 Å². The molecular weight excluding hydrogens is 396 g/mol. The van der Waals surface area contributed by atoms with E-state index in [-0.39, 0.29) is 11.8 Å². The van der Waals surface area contributed by atoms with Gasteiger partial charge in [0.05, 0.1) is 5.69 Å². The number of benzene rings is 2. The van der Waals surface area contributed by atoms with Crippen LogP contribution < -0.4 is 10.2 Å². The van der Waals surface area contributed by atoms with Crippen molar-refractivity contribution in [2.45, 2.75) is 46.0 Å². The van der Waals surface area contributed by atoms with Gasteiger partial charge in [-0.15, -0.1) is 10.2 Å². The quantitative estimate of drug-likeness (QED) is 0.528. The molecule has 4 rings (SSSR count). The molecule has 5 heteroatoms. The number of carbonyl (C=O) groups excluding carboxylic acids is 1. The van der Waals surface area contributed by atoms with Crippen molar-refractivity contribution < 1.29 is 4.79 Å². The Labute approximate surface area is 190 Å². The lowest BCUT2D eigenvalue weighted by molar-refractivity contribution is -0.120. The third kappa shape index (κ3) is 5.34. The van der Waals surface area contributed by atoms with Gasteiger partial charge in [-0.05, 0) is 68.0 Å². The number of carbonyl (C=O) groups is 1. The summed E-state index contributed by atoms with van der Waals surface area (Å²) in [6, 6.07) is 20.6. The van der Waals surface area contributed by atoms with Gasteiger partial charge in [0.25, 0.3) is 0 Å². The minimum atomic E-state index is 0.0326. The Kier molecular flexibility index (Phi) is 7.15. The normalized spacial score (nSPS) is 14.4. The van der Waals surface area contributed by atoms with Crippen LogP contribution >= 0.6 is 0 Å². The maximum atomic E-state index is 12.7. The SMILES string of the molecule is CCCCc1ccc(NC(=O)C2CCN(c3ccc(-c4ccccc4C)nn3)CC2)cc1. The van der Waals surface area contributed by atoms with E-state index in [9.17, 15) is 4.79 Å². The molecule has 32 heavy (non-hydrogen) atoms. The Morgan fingerprint density at radius 2 is 1.75 bits per heavy atom. The first kappa shape index (κ1) is 22.0. The minimum absolute atomic E-state index is 0.0326. The van der Waals surface area contributed by atoms with E-state index in [1.807, 2.05) is 36.4 Å². The molecule has 0 saturated carbocycles. The number of aryl methyl sites for hydroxylation is 2. The van der Waals surface area contributed by atoms with Gasteiger partial charge in [0.15, 0.2) is 5.82 Å². The van der Waals surface area contributed by atoms with Crippen LogP contribution in [0.15, 0.2) is 60.7 Å². The molecule has 1 aromatic heterocycles. The standard InChI is InChI=1S/C27H32N4O/c1-3-4-8-21-10-12-23(13-11-21)28-27(32)22-16-18-31(19-17-22)26-15-14-25(29-30-26)24-9-6-5-7-20(24)2/h5-7,9-15,22H,3-4,8,16-19H2,1-2H3,(H,28,32). The summed E-state index contributed by atoms with van der Waals surface area (Å²) in [4.78, 5) is 15.0. The van der Waals surface area contributed by atoms with Crippen molar-refractivity contribution in [1.29, 1.82) is 0 Å². The zero-order valence-corrected chi connectivity index (χ0v) is 19.1. The van der Waals surface area contributed by atoms with Crippen molar-refractivity contribution in [3.05, 3.63) is 71.8 Å². The lowest BCUT2D eigenvalue weighted by atomic mass is 9.95. The van der Waals surface area contributed by atoms with Crippen molar-refractivity contribution in [3.8, 4) is 11.3 Å². The first-order chi connectivity index (χ1) is 15.6. The van der Waals surface area contributed by atoms with E-state index in [1.54, 1.807) is 0 Å². The highest BCUT2D eigenvalue weighted by atomic mass is 16.1. The molecule has 0 aliphatic carbocycles. The van der Waals surface area contributed by atoms with Crippen LogP contribution in [0, 0.1) is 12.8 Å². The Morgan fingerprint density at radius 1 is 1.00 bits per heavy atom. The molecule has 5 nitrogen and oxygen atoms in total. The fourth-order valence-corrected chi connectivity index (χ4v) is 4.25. The second-order valence-corrected chi connectivity index (χ2v) is 8.64. The Balaban J connectivity index is 1.30. The van der Waals surface area contributed by atoms with Crippen LogP contribution in [0.1, 0.15) is 43.7 Å². The first-order valence-corrected chi connectivity index (χ1v) is 11.7. The van der Waals surface area contributed by atoms with Crippen LogP contribution in [0.2, 0.25) is 0 Å². The van der Waals surface area contributed by atoms with Gasteiger partial charge in [0, 0.05) is 30.3 Å². The maximum absolute atomic E-state index is 12.7. The molecule has 2 aromatic carbocycles. The van der Waals surface area contributed by atoms with E-state index >= 15 is 0 Å². The van der Waals surface area contributed by atoms with Crippen molar-refractivity contribution in [1.82, 2.24) is 10.2 Å². The molecule has 1 amide bonds. The summed E-state index contributed by atoms with van der Waals surface area (Å²) in [5.74, 6) is 1.03. The molecule has 0 spiro atoms. The van der Waals surface area contributed by atoms with Crippen LogP contribution in [0.25, 0.3) is 11.3 Å². The van der Waals surface area contributed by atoms with Crippen LogP contribution in [-0.2, 0) is 11.2 Å². The average Bonchev–Trinajstić information content (AvgIpc) is 2.84.